The Morgan fingerprint density at radius 1 is 1.17 bits per heavy atom. The van der Waals surface area contributed by atoms with Crippen molar-refractivity contribution in [1.82, 2.24) is 5.32 Å². The summed E-state index contributed by atoms with van der Waals surface area (Å²) in [5.74, 6) is -0.180. The van der Waals surface area contributed by atoms with Crippen LogP contribution >= 0.6 is 11.3 Å². The van der Waals surface area contributed by atoms with Gasteiger partial charge in [0.25, 0.3) is 0 Å². The first kappa shape index (κ1) is 13.2. The molecule has 0 radical (unpaired) electrons. The Balaban J connectivity index is 2.08. The van der Waals surface area contributed by atoms with Gasteiger partial charge in [0, 0.05) is 17.0 Å². The Hall–Kier alpha value is -1.19. The summed E-state index contributed by atoms with van der Waals surface area (Å²) >= 11 is 1.76. The third kappa shape index (κ3) is 2.98. The molecule has 96 valence electrons. The van der Waals surface area contributed by atoms with E-state index in [0.717, 1.165) is 5.56 Å². The fourth-order valence-electron chi connectivity index (χ4n) is 2.15. The molecule has 1 aromatic heterocycles. The average molecular weight is 263 g/mol. The van der Waals surface area contributed by atoms with Crippen molar-refractivity contribution in [3.05, 3.63) is 57.5 Å². The molecular weight excluding hydrogens is 245 g/mol. The van der Waals surface area contributed by atoms with E-state index in [2.05, 4.69) is 37.5 Å². The van der Waals surface area contributed by atoms with E-state index in [1.165, 1.54) is 16.5 Å². The Labute approximate surface area is 112 Å². The Bertz CT molecular complexity index is 521. The standard InChI is InChI=1S/C15H18FNS/c1-10-7-8-18-15(10)12(3)17-11(2)13-5-4-6-14(16)9-13/h4-9,11-12,17H,1-3H3. The summed E-state index contributed by atoms with van der Waals surface area (Å²) in [6.45, 7) is 6.33. The second-order valence-electron chi connectivity index (χ2n) is 4.63. The molecule has 2 rings (SSSR count). The Kier molecular flexibility index (Phi) is 4.15. The SMILES string of the molecule is Cc1ccsc1C(C)NC(C)c1cccc(F)c1. The minimum absolute atomic E-state index is 0.136. The van der Waals surface area contributed by atoms with Gasteiger partial charge in [-0.05, 0) is 55.5 Å². The van der Waals surface area contributed by atoms with Crippen molar-refractivity contribution >= 4 is 11.3 Å². The zero-order valence-corrected chi connectivity index (χ0v) is 11.7. The smallest absolute Gasteiger partial charge is 0.123 e. The predicted octanol–water partition coefficient (Wildman–Crippen LogP) is 4.61. The summed E-state index contributed by atoms with van der Waals surface area (Å²) in [7, 11) is 0. The van der Waals surface area contributed by atoms with Gasteiger partial charge in [0.2, 0.25) is 0 Å². The first-order chi connectivity index (χ1) is 8.58. The molecule has 0 amide bonds. The van der Waals surface area contributed by atoms with E-state index in [4.69, 9.17) is 0 Å². The van der Waals surface area contributed by atoms with Crippen molar-refractivity contribution in [2.75, 3.05) is 0 Å². The molecule has 3 heteroatoms. The van der Waals surface area contributed by atoms with Crippen LogP contribution in [0.3, 0.4) is 0 Å². The molecule has 0 aliphatic rings. The number of thiophene rings is 1. The number of hydrogen-bond acceptors (Lipinski definition) is 2. The second kappa shape index (κ2) is 5.63. The lowest BCUT2D eigenvalue weighted by atomic mass is 10.1. The van der Waals surface area contributed by atoms with Gasteiger partial charge in [-0.25, -0.2) is 4.39 Å². The molecule has 2 aromatic rings. The van der Waals surface area contributed by atoms with Crippen LogP contribution < -0.4 is 5.32 Å². The van der Waals surface area contributed by atoms with Gasteiger partial charge in [-0.1, -0.05) is 12.1 Å². The van der Waals surface area contributed by atoms with Crippen LogP contribution in [-0.4, -0.2) is 0 Å². The summed E-state index contributed by atoms with van der Waals surface area (Å²) < 4.78 is 13.2. The molecule has 18 heavy (non-hydrogen) atoms. The Morgan fingerprint density at radius 3 is 2.56 bits per heavy atom. The molecule has 1 aromatic carbocycles. The highest BCUT2D eigenvalue weighted by atomic mass is 32.1. The largest absolute Gasteiger partial charge is 0.303 e. The highest BCUT2D eigenvalue weighted by Crippen LogP contribution is 2.26. The zero-order chi connectivity index (χ0) is 13.1. The van der Waals surface area contributed by atoms with Crippen molar-refractivity contribution in [3.63, 3.8) is 0 Å². The molecule has 2 unspecified atom stereocenters. The fourth-order valence-corrected chi connectivity index (χ4v) is 3.10. The van der Waals surface area contributed by atoms with E-state index in [1.54, 1.807) is 23.5 Å². The van der Waals surface area contributed by atoms with E-state index in [0.29, 0.717) is 0 Å². The van der Waals surface area contributed by atoms with Gasteiger partial charge in [-0.3, -0.25) is 0 Å². The Morgan fingerprint density at radius 2 is 1.94 bits per heavy atom. The van der Waals surface area contributed by atoms with Crippen LogP contribution in [-0.2, 0) is 0 Å². The molecule has 0 saturated carbocycles. The van der Waals surface area contributed by atoms with Crippen LogP contribution in [0.4, 0.5) is 4.39 Å². The van der Waals surface area contributed by atoms with E-state index < -0.39 is 0 Å². The minimum atomic E-state index is -0.180. The third-order valence-corrected chi connectivity index (χ3v) is 4.35. The maximum absolute atomic E-state index is 13.2. The zero-order valence-electron chi connectivity index (χ0n) is 10.9. The summed E-state index contributed by atoms with van der Waals surface area (Å²) in [4.78, 5) is 1.35. The number of nitrogens with one attached hydrogen (secondary N) is 1. The quantitative estimate of drug-likeness (QED) is 0.849. The summed E-state index contributed by atoms with van der Waals surface area (Å²) in [5.41, 5.74) is 2.29. The lowest BCUT2D eigenvalue weighted by molar-refractivity contribution is 0.496. The highest BCUT2D eigenvalue weighted by molar-refractivity contribution is 7.10. The van der Waals surface area contributed by atoms with Gasteiger partial charge in [0.15, 0.2) is 0 Å². The highest BCUT2D eigenvalue weighted by Gasteiger charge is 2.14. The van der Waals surface area contributed by atoms with Crippen LogP contribution in [0.15, 0.2) is 35.7 Å². The number of rotatable bonds is 4. The molecule has 1 heterocycles. The summed E-state index contributed by atoms with van der Waals surface area (Å²) in [6, 6.07) is 9.32. The van der Waals surface area contributed by atoms with Gasteiger partial charge < -0.3 is 5.32 Å². The third-order valence-electron chi connectivity index (χ3n) is 3.14. The van der Waals surface area contributed by atoms with E-state index in [9.17, 15) is 4.39 Å². The van der Waals surface area contributed by atoms with Crippen LogP contribution in [0.5, 0.6) is 0 Å². The van der Waals surface area contributed by atoms with Gasteiger partial charge in [-0.15, -0.1) is 11.3 Å². The molecule has 2 atom stereocenters. The van der Waals surface area contributed by atoms with E-state index in [1.807, 2.05) is 6.07 Å². The number of benzene rings is 1. The molecule has 0 saturated heterocycles. The van der Waals surface area contributed by atoms with Crippen molar-refractivity contribution in [2.45, 2.75) is 32.9 Å². The topological polar surface area (TPSA) is 12.0 Å². The maximum Gasteiger partial charge on any atom is 0.123 e. The summed E-state index contributed by atoms with van der Waals surface area (Å²) in [5, 5.41) is 5.62. The van der Waals surface area contributed by atoms with Crippen LogP contribution in [0.2, 0.25) is 0 Å². The molecular formula is C15H18FNS. The van der Waals surface area contributed by atoms with E-state index in [-0.39, 0.29) is 17.9 Å². The summed E-state index contributed by atoms with van der Waals surface area (Å²) in [6.07, 6.45) is 0. The van der Waals surface area contributed by atoms with Gasteiger partial charge in [0.1, 0.15) is 5.82 Å². The van der Waals surface area contributed by atoms with Crippen LogP contribution in [0.1, 0.15) is 41.9 Å². The lowest BCUT2D eigenvalue weighted by Gasteiger charge is -2.20. The molecule has 0 aliphatic carbocycles. The van der Waals surface area contributed by atoms with Crippen molar-refractivity contribution in [2.24, 2.45) is 0 Å². The van der Waals surface area contributed by atoms with Gasteiger partial charge in [0.05, 0.1) is 0 Å². The second-order valence-corrected chi connectivity index (χ2v) is 5.58. The molecule has 0 spiro atoms. The molecule has 0 fully saturated rings. The van der Waals surface area contributed by atoms with Gasteiger partial charge >= 0.3 is 0 Å². The maximum atomic E-state index is 13.2. The van der Waals surface area contributed by atoms with Gasteiger partial charge in [-0.2, -0.15) is 0 Å². The van der Waals surface area contributed by atoms with E-state index >= 15 is 0 Å². The number of halogens is 1. The number of hydrogen-bond donors (Lipinski definition) is 1. The minimum Gasteiger partial charge on any atom is -0.303 e. The predicted molar refractivity (Wildman–Crippen MR) is 75.4 cm³/mol. The molecule has 0 bridgehead atoms. The lowest BCUT2D eigenvalue weighted by Crippen LogP contribution is -2.22. The first-order valence-electron chi connectivity index (χ1n) is 6.13. The number of aryl methyl sites for hydroxylation is 1. The van der Waals surface area contributed by atoms with Crippen molar-refractivity contribution < 1.29 is 4.39 Å². The van der Waals surface area contributed by atoms with Crippen molar-refractivity contribution in [1.29, 1.82) is 0 Å². The van der Waals surface area contributed by atoms with Crippen LogP contribution in [0, 0.1) is 12.7 Å². The normalized spacial score (nSPS) is 14.4. The molecule has 1 N–H and O–H groups in total. The van der Waals surface area contributed by atoms with Crippen LogP contribution in [0.25, 0.3) is 0 Å². The monoisotopic (exact) mass is 263 g/mol. The average Bonchev–Trinajstić information content (AvgIpc) is 2.75. The first-order valence-corrected chi connectivity index (χ1v) is 7.01. The fraction of sp³-hybridized carbons (Fsp3) is 0.333. The van der Waals surface area contributed by atoms with Crippen molar-refractivity contribution in [3.8, 4) is 0 Å². The molecule has 0 aliphatic heterocycles. The molecule has 1 nitrogen and oxygen atoms in total.